The SMILES string of the molecule is C=C(OC(=NC)N(N)C1=CC(NS(C)(=O)=O)=CCC=C1)c1ccc(CC)c(/C=C\C)c1. The molecule has 0 atom stereocenters. The van der Waals surface area contributed by atoms with Crippen LogP contribution in [0.25, 0.3) is 11.8 Å². The summed E-state index contributed by atoms with van der Waals surface area (Å²) in [6.45, 7) is 8.11. The van der Waals surface area contributed by atoms with Gasteiger partial charge >= 0.3 is 6.02 Å². The third kappa shape index (κ3) is 6.97. The zero-order valence-corrected chi connectivity index (χ0v) is 19.2. The van der Waals surface area contributed by atoms with Gasteiger partial charge in [-0.1, -0.05) is 49.9 Å². The van der Waals surface area contributed by atoms with Gasteiger partial charge in [-0.15, -0.1) is 0 Å². The molecular weight excluding hydrogens is 412 g/mol. The number of benzene rings is 1. The Bertz CT molecular complexity index is 1080. The van der Waals surface area contributed by atoms with Crippen molar-refractivity contribution in [3.8, 4) is 0 Å². The van der Waals surface area contributed by atoms with Crippen molar-refractivity contribution in [3.63, 3.8) is 0 Å². The Labute approximate surface area is 185 Å². The lowest BCUT2D eigenvalue weighted by atomic mass is 10.0. The van der Waals surface area contributed by atoms with Crippen LogP contribution >= 0.6 is 0 Å². The molecule has 7 nitrogen and oxygen atoms in total. The fourth-order valence-corrected chi connectivity index (χ4v) is 3.56. The number of hydrogen-bond acceptors (Lipinski definition) is 5. The number of allylic oxidation sites excluding steroid dienone is 5. The van der Waals surface area contributed by atoms with E-state index in [1.807, 2.05) is 43.4 Å². The molecule has 1 aromatic carbocycles. The van der Waals surface area contributed by atoms with Crippen molar-refractivity contribution in [3.05, 3.63) is 83.2 Å². The van der Waals surface area contributed by atoms with Gasteiger partial charge in [-0.05, 0) is 49.1 Å². The van der Waals surface area contributed by atoms with Gasteiger partial charge in [0.1, 0.15) is 5.76 Å². The molecule has 8 heteroatoms. The molecule has 0 heterocycles. The van der Waals surface area contributed by atoms with Crippen LogP contribution < -0.4 is 10.6 Å². The van der Waals surface area contributed by atoms with Crippen molar-refractivity contribution < 1.29 is 13.2 Å². The second-order valence-corrected chi connectivity index (χ2v) is 8.66. The van der Waals surface area contributed by atoms with Gasteiger partial charge in [-0.25, -0.2) is 24.3 Å². The van der Waals surface area contributed by atoms with Crippen LogP contribution in [-0.4, -0.2) is 32.8 Å². The molecule has 0 amide bonds. The molecule has 0 bridgehead atoms. The highest BCUT2D eigenvalue weighted by molar-refractivity contribution is 7.88. The van der Waals surface area contributed by atoms with E-state index >= 15 is 0 Å². The first-order chi connectivity index (χ1) is 14.7. The van der Waals surface area contributed by atoms with E-state index in [0.29, 0.717) is 23.6 Å². The van der Waals surface area contributed by atoms with Crippen LogP contribution in [0.2, 0.25) is 0 Å². The van der Waals surface area contributed by atoms with Crippen LogP contribution in [0.1, 0.15) is 37.0 Å². The molecule has 1 aromatic rings. The average Bonchev–Trinajstić information content (AvgIpc) is 2.95. The van der Waals surface area contributed by atoms with Crippen molar-refractivity contribution in [2.45, 2.75) is 26.7 Å². The summed E-state index contributed by atoms with van der Waals surface area (Å²) >= 11 is 0. The van der Waals surface area contributed by atoms with Crippen molar-refractivity contribution >= 4 is 27.9 Å². The topological polar surface area (TPSA) is 97.0 Å². The Hall–Kier alpha value is -3.10. The highest BCUT2D eigenvalue weighted by atomic mass is 32.2. The number of nitrogens with one attached hydrogen (secondary N) is 1. The van der Waals surface area contributed by atoms with Crippen LogP contribution in [0.15, 0.2) is 71.5 Å². The molecule has 0 radical (unpaired) electrons. The van der Waals surface area contributed by atoms with Gasteiger partial charge in [0.05, 0.1) is 12.0 Å². The van der Waals surface area contributed by atoms with Crippen LogP contribution in [0.5, 0.6) is 0 Å². The van der Waals surface area contributed by atoms with Gasteiger partial charge in [0, 0.05) is 18.3 Å². The minimum absolute atomic E-state index is 0.119. The highest BCUT2D eigenvalue weighted by Crippen LogP contribution is 2.22. The summed E-state index contributed by atoms with van der Waals surface area (Å²) in [6, 6.07) is 6.13. The minimum atomic E-state index is -3.42. The van der Waals surface area contributed by atoms with Crippen LogP contribution in [0.3, 0.4) is 0 Å². The molecule has 1 aliphatic rings. The van der Waals surface area contributed by atoms with E-state index in [0.717, 1.165) is 23.8 Å². The van der Waals surface area contributed by atoms with Gasteiger partial charge in [0.15, 0.2) is 0 Å². The van der Waals surface area contributed by atoms with Crippen molar-refractivity contribution in [2.24, 2.45) is 10.8 Å². The third-order valence-electron chi connectivity index (χ3n) is 4.45. The standard InChI is InChI=1S/C23H30N4O3S/c1-6-10-20-15-19(14-13-18(20)7-2)17(3)30-23(25-4)27(24)22-12-9-8-11-21(16-22)26-31(5,28)29/h6,9-16,26H,3,7-8,24H2,1-2,4-5H3/b10-6-,25-23?. The third-order valence-corrected chi connectivity index (χ3v) is 5.06. The van der Waals surface area contributed by atoms with Gasteiger partial charge in [-0.2, -0.15) is 0 Å². The zero-order chi connectivity index (χ0) is 23.0. The molecule has 0 aromatic heterocycles. The molecule has 0 saturated heterocycles. The second kappa shape index (κ2) is 10.8. The number of ether oxygens (including phenoxy) is 1. The second-order valence-electron chi connectivity index (χ2n) is 6.91. The van der Waals surface area contributed by atoms with Crippen LogP contribution in [-0.2, 0) is 21.2 Å². The number of aryl methyl sites for hydroxylation is 1. The molecule has 0 spiro atoms. The summed E-state index contributed by atoms with van der Waals surface area (Å²) in [5, 5.41) is 1.25. The van der Waals surface area contributed by atoms with Gasteiger partial charge in [-0.3, -0.25) is 4.72 Å². The number of rotatable bonds is 7. The molecule has 0 unspecified atom stereocenters. The molecular formula is C23H30N4O3S. The van der Waals surface area contributed by atoms with Gasteiger partial charge in [0.2, 0.25) is 10.0 Å². The van der Waals surface area contributed by atoms with E-state index in [9.17, 15) is 8.42 Å². The highest BCUT2D eigenvalue weighted by Gasteiger charge is 2.17. The lowest BCUT2D eigenvalue weighted by molar-refractivity contribution is 0.384. The summed E-state index contributed by atoms with van der Waals surface area (Å²) in [6.07, 6.45) is 13.6. The normalized spacial score (nSPS) is 14.7. The first kappa shape index (κ1) is 24.2. The van der Waals surface area contributed by atoms with Crippen molar-refractivity contribution in [2.75, 3.05) is 13.3 Å². The van der Waals surface area contributed by atoms with Crippen molar-refractivity contribution in [1.82, 2.24) is 9.73 Å². The number of hydrogen-bond donors (Lipinski definition) is 2. The molecule has 3 N–H and O–H groups in total. The maximum Gasteiger partial charge on any atom is 0.312 e. The monoisotopic (exact) mass is 442 g/mol. The Kier molecular flexibility index (Phi) is 8.41. The smallest absolute Gasteiger partial charge is 0.312 e. The molecule has 2 rings (SSSR count). The summed E-state index contributed by atoms with van der Waals surface area (Å²) in [7, 11) is -1.86. The first-order valence-electron chi connectivity index (χ1n) is 9.89. The maximum absolute atomic E-state index is 11.6. The molecule has 0 aliphatic heterocycles. The van der Waals surface area contributed by atoms with E-state index in [4.69, 9.17) is 10.6 Å². The van der Waals surface area contributed by atoms with Crippen LogP contribution in [0, 0.1) is 0 Å². The Morgan fingerprint density at radius 3 is 2.77 bits per heavy atom. The molecule has 0 saturated carbocycles. The van der Waals surface area contributed by atoms with E-state index in [-0.39, 0.29) is 6.02 Å². The number of nitrogens with zero attached hydrogens (tertiary/aromatic N) is 2. The lowest BCUT2D eigenvalue weighted by Gasteiger charge is -2.22. The predicted octanol–water partition coefficient (Wildman–Crippen LogP) is 3.71. The molecule has 0 fully saturated rings. The number of amidine groups is 1. The Morgan fingerprint density at radius 2 is 2.16 bits per heavy atom. The Balaban J connectivity index is 2.25. The van der Waals surface area contributed by atoms with Crippen LogP contribution in [0.4, 0.5) is 0 Å². The van der Waals surface area contributed by atoms with Crippen molar-refractivity contribution in [1.29, 1.82) is 0 Å². The average molecular weight is 443 g/mol. The maximum atomic E-state index is 11.6. The fourth-order valence-electron chi connectivity index (χ4n) is 2.99. The minimum Gasteiger partial charge on any atom is -0.425 e. The number of sulfonamides is 1. The summed E-state index contributed by atoms with van der Waals surface area (Å²) in [5.74, 6) is 6.65. The number of hydrazine groups is 1. The molecule has 166 valence electrons. The summed E-state index contributed by atoms with van der Waals surface area (Å²) < 4.78 is 31.5. The fraction of sp³-hybridized carbons (Fsp3) is 0.261. The molecule has 31 heavy (non-hydrogen) atoms. The predicted molar refractivity (Wildman–Crippen MR) is 128 cm³/mol. The number of aliphatic imine (C=N–C) groups is 1. The lowest BCUT2D eigenvalue weighted by Crippen LogP contribution is -2.37. The van der Waals surface area contributed by atoms with Gasteiger partial charge in [0.25, 0.3) is 0 Å². The van der Waals surface area contributed by atoms with E-state index in [1.165, 1.54) is 10.6 Å². The summed E-state index contributed by atoms with van der Waals surface area (Å²) in [4.78, 5) is 4.14. The zero-order valence-electron chi connectivity index (χ0n) is 18.4. The van der Waals surface area contributed by atoms with Gasteiger partial charge < -0.3 is 4.74 Å². The summed E-state index contributed by atoms with van der Waals surface area (Å²) in [5.41, 5.74) is 4.06. The first-order valence-corrected chi connectivity index (χ1v) is 11.8. The molecule has 1 aliphatic carbocycles. The van der Waals surface area contributed by atoms with E-state index < -0.39 is 10.0 Å². The van der Waals surface area contributed by atoms with E-state index in [1.54, 1.807) is 25.3 Å². The number of nitrogens with two attached hydrogens (primary N) is 1. The Morgan fingerprint density at radius 1 is 1.42 bits per heavy atom. The largest absolute Gasteiger partial charge is 0.425 e. The quantitative estimate of drug-likeness (QED) is 0.221. The van der Waals surface area contributed by atoms with E-state index in [2.05, 4.69) is 23.2 Å².